The van der Waals surface area contributed by atoms with Crippen molar-refractivity contribution in [2.75, 3.05) is 7.11 Å². The number of halogens is 1. The number of methoxy groups -OCH3 is 1. The van der Waals surface area contributed by atoms with Gasteiger partial charge < -0.3 is 10.1 Å². The van der Waals surface area contributed by atoms with E-state index in [4.69, 9.17) is 11.6 Å². The maximum atomic E-state index is 12.0. The number of carbonyl (C=O) groups is 2. The zero-order valence-electron chi connectivity index (χ0n) is 10.0. The van der Waals surface area contributed by atoms with E-state index in [-0.39, 0.29) is 5.91 Å². The number of esters is 1. The molecule has 2 rings (SSSR count). The molecule has 1 saturated carbocycles. The fraction of sp³-hybridized carbons (Fsp3) is 0.385. The van der Waals surface area contributed by atoms with Crippen LogP contribution in [0.1, 0.15) is 18.4 Å². The molecule has 0 atom stereocenters. The molecule has 5 heteroatoms. The number of ether oxygens (including phenoxy) is 1. The topological polar surface area (TPSA) is 55.4 Å². The molecule has 0 radical (unpaired) electrons. The van der Waals surface area contributed by atoms with Crippen molar-refractivity contribution in [3.63, 3.8) is 0 Å². The van der Waals surface area contributed by atoms with E-state index >= 15 is 0 Å². The van der Waals surface area contributed by atoms with E-state index < -0.39 is 11.4 Å². The highest BCUT2D eigenvalue weighted by Gasteiger charge is 2.57. The minimum atomic E-state index is -0.962. The first-order chi connectivity index (χ1) is 8.60. The van der Waals surface area contributed by atoms with Crippen LogP contribution in [-0.2, 0) is 20.9 Å². The molecule has 18 heavy (non-hydrogen) atoms. The Morgan fingerprint density at radius 2 is 2.06 bits per heavy atom. The van der Waals surface area contributed by atoms with Gasteiger partial charge in [-0.1, -0.05) is 29.8 Å². The van der Waals surface area contributed by atoms with Gasteiger partial charge >= 0.3 is 5.97 Å². The smallest absolute Gasteiger partial charge is 0.321 e. The summed E-state index contributed by atoms with van der Waals surface area (Å²) in [5.74, 6) is -0.742. The summed E-state index contributed by atoms with van der Waals surface area (Å²) in [6.07, 6.45) is 1.10. The zero-order valence-corrected chi connectivity index (χ0v) is 10.8. The fourth-order valence-corrected chi connectivity index (χ4v) is 2.03. The standard InChI is InChI=1S/C13H14ClNO3/c1-18-12(17)13(6-7-13)11(16)15-8-9-4-2-3-5-10(9)14/h2-5H,6-8H2,1H3,(H,15,16). The van der Waals surface area contributed by atoms with Gasteiger partial charge in [0.2, 0.25) is 5.91 Å². The van der Waals surface area contributed by atoms with Crippen LogP contribution in [0.15, 0.2) is 24.3 Å². The van der Waals surface area contributed by atoms with Crippen LogP contribution in [-0.4, -0.2) is 19.0 Å². The van der Waals surface area contributed by atoms with E-state index in [9.17, 15) is 9.59 Å². The van der Waals surface area contributed by atoms with Crippen molar-refractivity contribution >= 4 is 23.5 Å². The van der Waals surface area contributed by atoms with E-state index in [0.717, 1.165) is 5.56 Å². The predicted molar refractivity (Wildman–Crippen MR) is 67.0 cm³/mol. The van der Waals surface area contributed by atoms with Gasteiger partial charge in [-0.15, -0.1) is 0 Å². The highest BCUT2D eigenvalue weighted by atomic mass is 35.5. The van der Waals surface area contributed by atoms with Crippen molar-refractivity contribution in [3.8, 4) is 0 Å². The van der Waals surface area contributed by atoms with E-state index in [1.165, 1.54) is 7.11 Å². The summed E-state index contributed by atoms with van der Waals surface area (Å²) in [5, 5.41) is 3.33. The molecule has 0 heterocycles. The van der Waals surface area contributed by atoms with E-state index in [1.807, 2.05) is 18.2 Å². The van der Waals surface area contributed by atoms with Gasteiger partial charge in [0, 0.05) is 11.6 Å². The van der Waals surface area contributed by atoms with E-state index in [0.29, 0.717) is 24.4 Å². The van der Waals surface area contributed by atoms with Crippen LogP contribution in [0.2, 0.25) is 5.02 Å². The van der Waals surface area contributed by atoms with Crippen LogP contribution in [0.3, 0.4) is 0 Å². The SMILES string of the molecule is COC(=O)C1(C(=O)NCc2ccccc2Cl)CC1. The lowest BCUT2D eigenvalue weighted by atomic mass is 10.1. The summed E-state index contributed by atoms with van der Waals surface area (Å²) in [6, 6.07) is 7.27. The van der Waals surface area contributed by atoms with Crippen molar-refractivity contribution < 1.29 is 14.3 Å². The van der Waals surface area contributed by atoms with Crippen molar-refractivity contribution in [2.45, 2.75) is 19.4 Å². The number of nitrogens with one attached hydrogen (secondary N) is 1. The minimum absolute atomic E-state index is 0.283. The maximum absolute atomic E-state index is 12.0. The number of amides is 1. The molecule has 96 valence electrons. The molecule has 0 saturated heterocycles. The van der Waals surface area contributed by atoms with Crippen molar-refractivity contribution in [1.29, 1.82) is 0 Å². The Morgan fingerprint density at radius 1 is 1.39 bits per heavy atom. The van der Waals surface area contributed by atoms with Gasteiger partial charge in [-0.2, -0.15) is 0 Å². The molecule has 1 amide bonds. The fourth-order valence-electron chi connectivity index (χ4n) is 1.83. The van der Waals surface area contributed by atoms with Crippen molar-refractivity contribution in [1.82, 2.24) is 5.32 Å². The van der Waals surface area contributed by atoms with Gasteiger partial charge in [0.15, 0.2) is 0 Å². The zero-order chi connectivity index (χ0) is 13.2. The third-order valence-corrected chi connectivity index (χ3v) is 3.53. The van der Waals surface area contributed by atoms with E-state index in [2.05, 4.69) is 10.1 Å². The lowest BCUT2D eigenvalue weighted by Gasteiger charge is -2.13. The Kier molecular flexibility index (Phi) is 3.57. The summed E-state index contributed by atoms with van der Waals surface area (Å²) < 4.78 is 4.65. The maximum Gasteiger partial charge on any atom is 0.321 e. The number of carbonyl (C=O) groups excluding carboxylic acids is 2. The number of hydrogen-bond acceptors (Lipinski definition) is 3. The second kappa shape index (κ2) is 4.98. The molecule has 1 aromatic rings. The Labute approximate surface area is 110 Å². The molecule has 0 aliphatic heterocycles. The number of benzene rings is 1. The van der Waals surface area contributed by atoms with Crippen LogP contribution in [0, 0.1) is 5.41 Å². The molecule has 1 aliphatic carbocycles. The van der Waals surface area contributed by atoms with Gasteiger partial charge in [0.25, 0.3) is 0 Å². The molecule has 0 aromatic heterocycles. The molecule has 0 spiro atoms. The predicted octanol–water partition coefficient (Wildman–Crippen LogP) is 1.91. The average molecular weight is 268 g/mol. The largest absolute Gasteiger partial charge is 0.468 e. The third-order valence-electron chi connectivity index (χ3n) is 3.16. The number of rotatable bonds is 4. The van der Waals surface area contributed by atoms with Gasteiger partial charge in [-0.05, 0) is 24.5 Å². The van der Waals surface area contributed by atoms with Crippen LogP contribution in [0.25, 0.3) is 0 Å². The molecule has 1 N–H and O–H groups in total. The van der Waals surface area contributed by atoms with Crippen LogP contribution >= 0.6 is 11.6 Å². The second-order valence-corrected chi connectivity index (χ2v) is 4.75. The summed E-state index contributed by atoms with van der Waals surface area (Å²) in [4.78, 5) is 23.5. The van der Waals surface area contributed by atoms with Crippen LogP contribution in [0.5, 0.6) is 0 Å². The highest BCUT2D eigenvalue weighted by Crippen LogP contribution is 2.46. The number of hydrogen-bond donors (Lipinski definition) is 1. The molecule has 1 fully saturated rings. The Bertz CT molecular complexity index is 483. The highest BCUT2D eigenvalue weighted by molar-refractivity contribution is 6.31. The lowest BCUT2D eigenvalue weighted by molar-refractivity contribution is -0.152. The summed E-state index contributed by atoms with van der Waals surface area (Å²) in [5.41, 5.74) is -0.135. The summed E-state index contributed by atoms with van der Waals surface area (Å²) in [6.45, 7) is 0.317. The summed E-state index contributed by atoms with van der Waals surface area (Å²) in [7, 11) is 1.30. The molecule has 1 aromatic carbocycles. The molecule has 0 unspecified atom stereocenters. The molecule has 1 aliphatic rings. The first kappa shape index (κ1) is 12.9. The third kappa shape index (κ3) is 2.34. The Hall–Kier alpha value is -1.55. The lowest BCUT2D eigenvalue weighted by Crippen LogP contribution is -2.37. The molecular formula is C13H14ClNO3. The van der Waals surface area contributed by atoms with Crippen molar-refractivity contribution in [3.05, 3.63) is 34.9 Å². The van der Waals surface area contributed by atoms with Crippen molar-refractivity contribution in [2.24, 2.45) is 5.41 Å². The Balaban J connectivity index is 1.98. The molecular weight excluding hydrogens is 254 g/mol. The first-order valence-electron chi connectivity index (χ1n) is 5.70. The quantitative estimate of drug-likeness (QED) is 0.670. The Morgan fingerprint density at radius 3 is 2.61 bits per heavy atom. The second-order valence-electron chi connectivity index (χ2n) is 4.35. The van der Waals surface area contributed by atoms with Crippen LogP contribution in [0.4, 0.5) is 0 Å². The monoisotopic (exact) mass is 267 g/mol. The van der Waals surface area contributed by atoms with E-state index in [1.54, 1.807) is 6.07 Å². The minimum Gasteiger partial charge on any atom is -0.468 e. The summed E-state index contributed by atoms with van der Waals surface area (Å²) >= 11 is 5.98. The van der Waals surface area contributed by atoms with Gasteiger partial charge in [0.05, 0.1) is 7.11 Å². The van der Waals surface area contributed by atoms with Crippen LogP contribution < -0.4 is 5.32 Å². The van der Waals surface area contributed by atoms with Gasteiger partial charge in [0.1, 0.15) is 5.41 Å². The average Bonchev–Trinajstić information content (AvgIpc) is 3.18. The van der Waals surface area contributed by atoms with Gasteiger partial charge in [-0.25, -0.2) is 0 Å². The van der Waals surface area contributed by atoms with Gasteiger partial charge in [-0.3, -0.25) is 9.59 Å². The first-order valence-corrected chi connectivity index (χ1v) is 6.08. The normalized spacial score (nSPS) is 15.9. The molecule has 4 nitrogen and oxygen atoms in total. The molecule has 0 bridgehead atoms.